The summed E-state index contributed by atoms with van der Waals surface area (Å²) in [6, 6.07) is 0. The van der Waals surface area contributed by atoms with Crippen LogP contribution in [0.5, 0.6) is 0 Å². The van der Waals surface area contributed by atoms with Gasteiger partial charge in [0.1, 0.15) is 0 Å². The zero-order chi connectivity index (χ0) is 12.1. The molecule has 17 heavy (non-hydrogen) atoms. The van der Waals surface area contributed by atoms with Gasteiger partial charge < -0.3 is 4.74 Å². The summed E-state index contributed by atoms with van der Waals surface area (Å²) >= 11 is 0. The summed E-state index contributed by atoms with van der Waals surface area (Å²) in [5.74, 6) is 1.79. The van der Waals surface area contributed by atoms with Crippen LogP contribution in [0.1, 0.15) is 46.5 Å². The minimum absolute atomic E-state index is 0.0972. The Labute approximate surface area is 103 Å². The Kier molecular flexibility index (Phi) is 1.57. The highest BCUT2D eigenvalue weighted by molar-refractivity contribution is 5.76. The van der Waals surface area contributed by atoms with E-state index in [-0.39, 0.29) is 17.3 Å². The molecular weight excluding hydrogens is 212 g/mol. The van der Waals surface area contributed by atoms with Crippen molar-refractivity contribution >= 4 is 5.97 Å². The van der Waals surface area contributed by atoms with Crippen molar-refractivity contribution in [3.8, 4) is 0 Å². The number of hydrogen-bond donors (Lipinski definition) is 0. The summed E-state index contributed by atoms with van der Waals surface area (Å²) in [5, 5.41) is 0. The lowest BCUT2D eigenvalue weighted by Gasteiger charge is -2.86. The SMILES string of the molecule is CCC12CCC3C(=O)OCC4[C@@H](C1)C2(C)C34C. The summed E-state index contributed by atoms with van der Waals surface area (Å²) in [6.45, 7) is 7.92. The number of carbonyl (C=O) groups is 1. The molecule has 4 fully saturated rings. The first-order chi connectivity index (χ1) is 8.01. The Balaban J connectivity index is 1.84. The van der Waals surface area contributed by atoms with Crippen LogP contribution in [0.2, 0.25) is 0 Å². The van der Waals surface area contributed by atoms with E-state index in [1.54, 1.807) is 0 Å². The second-order valence-corrected chi connectivity index (χ2v) is 7.26. The van der Waals surface area contributed by atoms with Crippen molar-refractivity contribution in [3.63, 3.8) is 0 Å². The van der Waals surface area contributed by atoms with Gasteiger partial charge in [0.15, 0.2) is 0 Å². The molecule has 3 saturated carbocycles. The van der Waals surface area contributed by atoms with Crippen molar-refractivity contribution in [2.24, 2.45) is 34.0 Å². The van der Waals surface area contributed by atoms with Gasteiger partial charge in [0.2, 0.25) is 0 Å². The first-order valence-electron chi connectivity index (χ1n) is 7.18. The Morgan fingerprint density at radius 2 is 2.12 bits per heavy atom. The van der Waals surface area contributed by atoms with Gasteiger partial charge in [-0.1, -0.05) is 20.8 Å². The predicted molar refractivity (Wildman–Crippen MR) is 64.2 cm³/mol. The monoisotopic (exact) mass is 234 g/mol. The minimum atomic E-state index is 0.0972. The van der Waals surface area contributed by atoms with E-state index in [4.69, 9.17) is 4.74 Å². The zero-order valence-corrected chi connectivity index (χ0v) is 11.1. The van der Waals surface area contributed by atoms with Gasteiger partial charge in [-0.15, -0.1) is 0 Å². The summed E-state index contributed by atoms with van der Waals surface area (Å²) in [4.78, 5) is 12.0. The van der Waals surface area contributed by atoms with Gasteiger partial charge in [-0.05, 0) is 47.8 Å². The maximum Gasteiger partial charge on any atom is 0.309 e. The zero-order valence-electron chi connectivity index (χ0n) is 11.1. The van der Waals surface area contributed by atoms with Crippen LogP contribution >= 0.6 is 0 Å². The van der Waals surface area contributed by atoms with E-state index in [1.165, 1.54) is 19.3 Å². The second kappa shape index (κ2) is 2.57. The van der Waals surface area contributed by atoms with Crippen molar-refractivity contribution in [1.82, 2.24) is 0 Å². The van der Waals surface area contributed by atoms with Gasteiger partial charge in [0.25, 0.3) is 0 Å². The molecule has 0 radical (unpaired) electrons. The number of rotatable bonds is 1. The van der Waals surface area contributed by atoms with Crippen LogP contribution in [0.25, 0.3) is 0 Å². The molecule has 0 aromatic rings. The van der Waals surface area contributed by atoms with Gasteiger partial charge >= 0.3 is 5.97 Å². The molecule has 2 nitrogen and oxygen atoms in total. The molecule has 1 saturated heterocycles. The van der Waals surface area contributed by atoms with Crippen LogP contribution in [-0.4, -0.2) is 12.6 Å². The van der Waals surface area contributed by atoms with Crippen molar-refractivity contribution in [1.29, 1.82) is 0 Å². The molecule has 1 heterocycles. The summed E-state index contributed by atoms with van der Waals surface area (Å²) < 4.78 is 5.43. The molecule has 0 aromatic carbocycles. The topological polar surface area (TPSA) is 26.3 Å². The average molecular weight is 234 g/mol. The third kappa shape index (κ3) is 0.719. The number of fused-ring (bicyclic) bond motifs is 1. The Morgan fingerprint density at radius 1 is 1.35 bits per heavy atom. The quantitative estimate of drug-likeness (QED) is 0.652. The highest BCUT2D eigenvalue weighted by Gasteiger charge is 2.84. The van der Waals surface area contributed by atoms with E-state index in [0.29, 0.717) is 23.4 Å². The number of ether oxygens (including phenoxy) is 1. The Morgan fingerprint density at radius 3 is 2.82 bits per heavy atom. The first kappa shape index (κ1) is 10.4. The van der Waals surface area contributed by atoms with Gasteiger partial charge in [0.05, 0.1) is 12.5 Å². The number of carbonyl (C=O) groups excluding carboxylic acids is 1. The lowest BCUT2D eigenvalue weighted by atomic mass is 9.18. The van der Waals surface area contributed by atoms with Gasteiger partial charge in [-0.2, -0.15) is 0 Å². The molecule has 0 aromatic heterocycles. The van der Waals surface area contributed by atoms with Crippen LogP contribution in [0.3, 0.4) is 0 Å². The smallest absolute Gasteiger partial charge is 0.309 e. The molecule has 5 unspecified atom stereocenters. The lowest BCUT2D eigenvalue weighted by Crippen LogP contribution is -2.83. The van der Waals surface area contributed by atoms with Crippen molar-refractivity contribution in [3.05, 3.63) is 0 Å². The molecular formula is C15H22O2. The van der Waals surface area contributed by atoms with Crippen LogP contribution in [0, 0.1) is 34.0 Å². The maximum atomic E-state index is 12.0. The maximum absolute atomic E-state index is 12.0. The van der Waals surface area contributed by atoms with Gasteiger partial charge in [-0.25, -0.2) is 0 Å². The molecule has 4 rings (SSSR count). The summed E-state index contributed by atoms with van der Waals surface area (Å²) in [6.07, 6.45) is 5.01. The van der Waals surface area contributed by atoms with Crippen LogP contribution in [-0.2, 0) is 9.53 Å². The molecule has 3 aliphatic carbocycles. The Hall–Kier alpha value is -0.530. The highest BCUT2D eigenvalue weighted by Crippen LogP contribution is 2.87. The lowest BCUT2D eigenvalue weighted by molar-refractivity contribution is -0.395. The third-order valence-corrected chi connectivity index (χ3v) is 7.83. The number of cyclic esters (lactones) is 1. The van der Waals surface area contributed by atoms with E-state index in [0.717, 1.165) is 12.3 Å². The van der Waals surface area contributed by atoms with Crippen molar-refractivity contribution in [2.75, 3.05) is 6.61 Å². The van der Waals surface area contributed by atoms with E-state index >= 15 is 0 Å². The number of hydrogen-bond acceptors (Lipinski definition) is 2. The standard InChI is InChI=1S/C15H22O2/c1-4-15-6-5-9-12(16)17-8-11-10(7-15)14(15,3)13(9,11)2/h9-11H,4-8H2,1-3H3/t9?,10-,11?,13?,14?,15?/m1/s1. The van der Waals surface area contributed by atoms with Crippen molar-refractivity contribution in [2.45, 2.75) is 46.5 Å². The highest BCUT2D eigenvalue weighted by atomic mass is 16.5. The molecule has 94 valence electrons. The van der Waals surface area contributed by atoms with Crippen LogP contribution < -0.4 is 0 Å². The van der Waals surface area contributed by atoms with E-state index in [1.807, 2.05) is 0 Å². The normalized spacial score (nSPS) is 63.0. The van der Waals surface area contributed by atoms with E-state index in [9.17, 15) is 4.79 Å². The molecule has 6 atom stereocenters. The summed E-state index contributed by atoms with van der Waals surface area (Å²) in [5.41, 5.74) is 1.23. The number of esters is 1. The predicted octanol–water partition coefficient (Wildman–Crippen LogP) is 3.01. The molecule has 0 N–H and O–H groups in total. The third-order valence-electron chi connectivity index (χ3n) is 7.83. The molecule has 0 amide bonds. The second-order valence-electron chi connectivity index (χ2n) is 7.26. The summed E-state index contributed by atoms with van der Waals surface area (Å²) in [7, 11) is 0. The van der Waals surface area contributed by atoms with Crippen LogP contribution in [0.15, 0.2) is 0 Å². The molecule has 0 spiro atoms. The van der Waals surface area contributed by atoms with Crippen LogP contribution in [0.4, 0.5) is 0 Å². The van der Waals surface area contributed by atoms with Gasteiger partial charge in [-0.3, -0.25) is 4.79 Å². The minimum Gasteiger partial charge on any atom is -0.465 e. The Bertz CT molecular complexity index is 417. The molecule has 0 bridgehead atoms. The van der Waals surface area contributed by atoms with Crippen molar-refractivity contribution < 1.29 is 9.53 Å². The molecule has 4 aliphatic rings. The molecule has 2 heteroatoms. The average Bonchev–Trinajstić information content (AvgIpc) is 2.31. The molecule has 1 aliphatic heterocycles. The van der Waals surface area contributed by atoms with E-state index < -0.39 is 0 Å². The first-order valence-corrected chi connectivity index (χ1v) is 7.18. The van der Waals surface area contributed by atoms with E-state index in [2.05, 4.69) is 20.8 Å². The fourth-order valence-electron chi connectivity index (χ4n) is 6.64. The van der Waals surface area contributed by atoms with Gasteiger partial charge in [0, 0.05) is 5.92 Å². The fourth-order valence-corrected chi connectivity index (χ4v) is 6.64. The fraction of sp³-hybridized carbons (Fsp3) is 0.933. The largest absolute Gasteiger partial charge is 0.465 e.